The van der Waals surface area contributed by atoms with E-state index in [2.05, 4.69) is 31.5 Å². The first-order valence-corrected chi connectivity index (χ1v) is 10.8. The number of ether oxygens (including phenoxy) is 1. The van der Waals surface area contributed by atoms with Gasteiger partial charge in [0.2, 0.25) is 0 Å². The zero-order valence-electron chi connectivity index (χ0n) is 13.0. The van der Waals surface area contributed by atoms with Crippen molar-refractivity contribution >= 4 is 19.7 Å². The highest BCUT2D eigenvalue weighted by molar-refractivity contribution is 6.76. The molecule has 5 heteroatoms. The van der Waals surface area contributed by atoms with Crippen LogP contribution in [-0.2, 0) is 11.5 Å². The van der Waals surface area contributed by atoms with Crippen molar-refractivity contribution in [2.75, 3.05) is 6.61 Å². The lowest BCUT2D eigenvalue weighted by molar-refractivity contribution is 0.0869. The minimum atomic E-state index is -1.07. The quantitative estimate of drug-likeness (QED) is 0.512. The van der Waals surface area contributed by atoms with Crippen LogP contribution in [0.1, 0.15) is 19.5 Å². The summed E-state index contributed by atoms with van der Waals surface area (Å²) in [4.78, 5) is 0. The third kappa shape index (κ3) is 7.16. The topological polar surface area (TPSA) is 34.4 Å². The predicted octanol–water partition coefficient (Wildman–Crippen LogP) is 3.58. The molecule has 0 saturated heterocycles. The molecule has 1 aromatic rings. The van der Waals surface area contributed by atoms with Crippen molar-refractivity contribution in [2.45, 2.75) is 51.9 Å². The minimum absolute atomic E-state index is 0.438. The van der Waals surface area contributed by atoms with Crippen LogP contribution >= 0.6 is 11.6 Å². The fourth-order valence-electron chi connectivity index (χ4n) is 1.44. The Labute approximate surface area is 127 Å². The predicted molar refractivity (Wildman–Crippen MR) is 86.7 cm³/mol. The highest BCUT2D eigenvalue weighted by Gasteiger charge is 2.12. The van der Waals surface area contributed by atoms with Crippen LogP contribution in [0.3, 0.4) is 0 Å². The number of rotatable bonds is 5. The van der Waals surface area contributed by atoms with Crippen LogP contribution in [0.15, 0.2) is 12.3 Å². The molecule has 0 aliphatic rings. The molecule has 0 aromatic carbocycles. The average molecular weight is 314 g/mol. The summed E-state index contributed by atoms with van der Waals surface area (Å²) in [5.74, 6) is 5.72. The maximum atomic E-state index is 9.64. The molecule has 0 bridgehead atoms. The molecule has 0 fully saturated rings. The Morgan fingerprint density at radius 1 is 1.40 bits per heavy atom. The van der Waals surface area contributed by atoms with Crippen molar-refractivity contribution in [1.82, 2.24) is 4.57 Å². The van der Waals surface area contributed by atoms with E-state index in [1.807, 2.05) is 4.57 Å². The maximum Gasteiger partial charge on any atom is 0.123 e. The van der Waals surface area contributed by atoms with Gasteiger partial charge in [0, 0.05) is 20.9 Å². The normalized spacial score (nSPS) is 12.2. The molecule has 0 amide bonds. The second-order valence-electron chi connectivity index (χ2n) is 6.67. The summed E-state index contributed by atoms with van der Waals surface area (Å²) in [7, 11) is -1.07. The maximum absolute atomic E-state index is 9.64. The zero-order chi connectivity index (χ0) is 15.4. The Morgan fingerprint density at radius 3 is 2.60 bits per heavy atom. The number of hydrogen-bond donors (Lipinski definition) is 1. The van der Waals surface area contributed by atoms with Crippen LogP contribution in [0.5, 0.6) is 0 Å². The first-order valence-electron chi connectivity index (χ1n) is 6.76. The van der Waals surface area contributed by atoms with Gasteiger partial charge in [-0.1, -0.05) is 37.2 Å². The van der Waals surface area contributed by atoms with Crippen molar-refractivity contribution in [1.29, 1.82) is 0 Å². The molecule has 112 valence electrons. The molecular weight excluding hydrogens is 290 g/mol. The molecule has 3 nitrogen and oxygen atoms in total. The lowest BCUT2D eigenvalue weighted by Gasteiger charge is -2.15. The number of aromatic nitrogens is 1. The largest absolute Gasteiger partial charge is 0.378 e. The summed E-state index contributed by atoms with van der Waals surface area (Å²) in [6.45, 7) is 11.5. The summed E-state index contributed by atoms with van der Waals surface area (Å²) >= 11 is 6.00. The van der Waals surface area contributed by atoms with E-state index in [0.717, 1.165) is 18.3 Å². The summed E-state index contributed by atoms with van der Waals surface area (Å²) in [5, 5.41) is 10.3. The van der Waals surface area contributed by atoms with Gasteiger partial charge in [0.05, 0.1) is 10.7 Å². The summed E-state index contributed by atoms with van der Waals surface area (Å²) in [6.07, 6.45) is 1.80. The first kappa shape index (κ1) is 17.3. The number of hydrogen-bond acceptors (Lipinski definition) is 2. The summed E-state index contributed by atoms with van der Waals surface area (Å²) < 4.78 is 7.56. The molecule has 0 spiro atoms. The summed E-state index contributed by atoms with van der Waals surface area (Å²) in [5.41, 5.74) is -0.259. The van der Waals surface area contributed by atoms with E-state index in [0.29, 0.717) is 11.8 Å². The molecule has 0 aliphatic carbocycles. The van der Waals surface area contributed by atoms with E-state index >= 15 is 0 Å². The van der Waals surface area contributed by atoms with Crippen molar-refractivity contribution in [3.8, 4) is 11.8 Å². The van der Waals surface area contributed by atoms with E-state index in [1.165, 1.54) is 0 Å². The Hall–Kier alpha value is -0.733. The van der Waals surface area contributed by atoms with Gasteiger partial charge in [0.15, 0.2) is 0 Å². The SMILES string of the molecule is CC(C)(O)C#Cc1cc(Cl)cn1COCC[Si](C)(C)C. The molecule has 0 atom stereocenters. The van der Waals surface area contributed by atoms with Gasteiger partial charge in [0.25, 0.3) is 0 Å². The number of nitrogens with zero attached hydrogens (tertiary/aromatic N) is 1. The van der Waals surface area contributed by atoms with Gasteiger partial charge in [-0.3, -0.25) is 0 Å². The molecule has 1 N–H and O–H groups in total. The lowest BCUT2D eigenvalue weighted by atomic mass is 10.1. The fourth-order valence-corrected chi connectivity index (χ4v) is 2.42. The Morgan fingerprint density at radius 2 is 2.05 bits per heavy atom. The van der Waals surface area contributed by atoms with Gasteiger partial charge >= 0.3 is 0 Å². The first-order chi connectivity index (χ1) is 9.07. The van der Waals surface area contributed by atoms with Crippen LogP contribution in [0.25, 0.3) is 0 Å². The molecule has 20 heavy (non-hydrogen) atoms. The zero-order valence-corrected chi connectivity index (χ0v) is 14.7. The molecule has 1 heterocycles. The highest BCUT2D eigenvalue weighted by Crippen LogP contribution is 2.14. The van der Waals surface area contributed by atoms with Gasteiger partial charge in [0.1, 0.15) is 12.3 Å². The van der Waals surface area contributed by atoms with Crippen molar-refractivity contribution in [3.63, 3.8) is 0 Å². The second kappa shape index (κ2) is 6.82. The summed E-state index contributed by atoms with van der Waals surface area (Å²) in [6, 6.07) is 2.91. The Kier molecular flexibility index (Phi) is 5.90. The smallest absolute Gasteiger partial charge is 0.123 e. The molecule has 0 aliphatic heterocycles. The van der Waals surface area contributed by atoms with Crippen LogP contribution in [0.4, 0.5) is 0 Å². The highest BCUT2D eigenvalue weighted by atomic mass is 35.5. The van der Waals surface area contributed by atoms with E-state index in [9.17, 15) is 5.11 Å². The number of aliphatic hydroxyl groups is 1. The molecule has 1 aromatic heterocycles. The van der Waals surface area contributed by atoms with Crippen molar-refractivity contribution in [3.05, 3.63) is 23.0 Å². The van der Waals surface area contributed by atoms with E-state index < -0.39 is 13.7 Å². The van der Waals surface area contributed by atoms with Crippen LogP contribution in [-0.4, -0.2) is 30.0 Å². The van der Waals surface area contributed by atoms with Crippen LogP contribution in [0, 0.1) is 11.8 Å². The Balaban J connectivity index is 2.64. The molecule has 0 unspecified atom stereocenters. The molecule has 0 radical (unpaired) electrons. The average Bonchev–Trinajstić information content (AvgIpc) is 2.60. The van der Waals surface area contributed by atoms with Crippen molar-refractivity contribution in [2.24, 2.45) is 0 Å². The number of halogens is 1. The van der Waals surface area contributed by atoms with Gasteiger partial charge in [-0.2, -0.15) is 0 Å². The van der Waals surface area contributed by atoms with E-state index in [4.69, 9.17) is 16.3 Å². The Bertz CT molecular complexity index is 501. The van der Waals surface area contributed by atoms with E-state index in [-0.39, 0.29) is 0 Å². The third-order valence-corrected chi connectivity index (χ3v) is 4.50. The molecule has 1 rings (SSSR count). The fraction of sp³-hybridized carbons (Fsp3) is 0.600. The monoisotopic (exact) mass is 313 g/mol. The van der Waals surface area contributed by atoms with Crippen LogP contribution in [0.2, 0.25) is 30.7 Å². The van der Waals surface area contributed by atoms with Gasteiger partial charge < -0.3 is 14.4 Å². The minimum Gasteiger partial charge on any atom is -0.378 e. The molecule has 0 saturated carbocycles. The van der Waals surface area contributed by atoms with Gasteiger partial charge in [-0.25, -0.2) is 0 Å². The third-order valence-electron chi connectivity index (χ3n) is 2.59. The van der Waals surface area contributed by atoms with Gasteiger partial charge in [-0.05, 0) is 31.9 Å². The lowest BCUT2D eigenvalue weighted by Crippen LogP contribution is -2.22. The molecular formula is C15H24ClNO2Si. The van der Waals surface area contributed by atoms with E-state index in [1.54, 1.807) is 26.1 Å². The standard InChI is InChI=1S/C15H24ClNO2Si/c1-15(2,18)7-6-14-10-13(16)11-17(14)12-19-8-9-20(3,4)5/h10-11,18H,8-9,12H2,1-5H3. The second-order valence-corrected chi connectivity index (χ2v) is 12.7. The van der Waals surface area contributed by atoms with Crippen LogP contribution < -0.4 is 0 Å². The van der Waals surface area contributed by atoms with Crippen molar-refractivity contribution < 1.29 is 9.84 Å². The van der Waals surface area contributed by atoms with Gasteiger partial charge in [-0.15, -0.1) is 0 Å².